The third kappa shape index (κ3) is 3.64. The third-order valence-electron chi connectivity index (χ3n) is 2.33. The minimum absolute atomic E-state index is 0.119. The number of hydrogen-bond acceptors (Lipinski definition) is 7. The summed E-state index contributed by atoms with van der Waals surface area (Å²) >= 11 is 5.73. The van der Waals surface area contributed by atoms with Crippen molar-refractivity contribution >= 4 is 17.6 Å². The van der Waals surface area contributed by atoms with Crippen LogP contribution in [0, 0.1) is 0 Å². The van der Waals surface area contributed by atoms with Crippen molar-refractivity contribution in [3.8, 4) is 17.6 Å². The van der Waals surface area contributed by atoms with Gasteiger partial charge in [-0.2, -0.15) is 18.2 Å². The molecule has 0 amide bonds. The summed E-state index contributed by atoms with van der Waals surface area (Å²) < 4.78 is 51.3. The van der Waals surface area contributed by atoms with Crippen LogP contribution >= 0.6 is 11.6 Å². The van der Waals surface area contributed by atoms with Crippen LogP contribution in [0.3, 0.4) is 0 Å². The molecular weight excluding hydrogens is 331 g/mol. The molecule has 0 bridgehead atoms. The zero-order valence-electron chi connectivity index (χ0n) is 10.8. The molecule has 0 aromatic carbocycles. The molecule has 0 saturated carbocycles. The van der Waals surface area contributed by atoms with Gasteiger partial charge in [0.05, 0.1) is 17.7 Å². The van der Waals surface area contributed by atoms with Gasteiger partial charge < -0.3 is 9.47 Å². The van der Waals surface area contributed by atoms with Gasteiger partial charge in [0.25, 0.3) is 0 Å². The molecule has 2 rings (SSSR count). The van der Waals surface area contributed by atoms with E-state index in [-0.39, 0.29) is 22.6 Å². The van der Waals surface area contributed by atoms with Gasteiger partial charge in [-0.3, -0.25) is 9.51 Å². The Labute approximate surface area is 126 Å². The molecule has 0 saturated heterocycles. The number of ether oxygens (including phenoxy) is 2. The lowest BCUT2D eigenvalue weighted by Gasteiger charge is -2.07. The van der Waals surface area contributed by atoms with E-state index in [1.165, 1.54) is 0 Å². The fourth-order valence-electron chi connectivity index (χ4n) is 1.30. The van der Waals surface area contributed by atoms with Gasteiger partial charge in [-0.25, -0.2) is 4.79 Å². The van der Waals surface area contributed by atoms with Crippen molar-refractivity contribution in [1.82, 2.24) is 15.1 Å². The molecule has 118 valence electrons. The fourth-order valence-corrected chi connectivity index (χ4v) is 1.55. The maximum atomic E-state index is 12.5. The largest absolute Gasteiger partial charge is 0.466 e. The van der Waals surface area contributed by atoms with E-state index in [4.69, 9.17) is 16.3 Å². The zero-order valence-corrected chi connectivity index (χ0v) is 11.6. The fraction of sp³-hybridized carbons (Fsp3) is 0.273. The summed E-state index contributed by atoms with van der Waals surface area (Å²) in [6, 6.07) is 0.690. The number of halogens is 4. The second kappa shape index (κ2) is 6.18. The molecule has 11 heteroatoms. The number of nitrogens with zero attached hydrogens (tertiary/aromatic N) is 3. The molecular formula is C11H7ClF3N3O4. The van der Waals surface area contributed by atoms with E-state index in [2.05, 4.69) is 24.4 Å². The third-order valence-corrected chi connectivity index (χ3v) is 2.62. The summed E-state index contributed by atoms with van der Waals surface area (Å²) in [7, 11) is 1.16. The van der Waals surface area contributed by atoms with Crippen LogP contribution in [0.15, 0.2) is 16.8 Å². The molecule has 0 atom stereocenters. The van der Waals surface area contributed by atoms with Crippen LogP contribution in [0.2, 0.25) is 5.02 Å². The highest BCUT2D eigenvalue weighted by molar-refractivity contribution is 6.32. The summed E-state index contributed by atoms with van der Waals surface area (Å²) in [5.74, 6) is -0.857. The number of carbonyl (C=O) groups is 1. The molecule has 0 aliphatic rings. The van der Waals surface area contributed by atoms with E-state index in [1.54, 1.807) is 0 Å². The molecule has 0 unspecified atom stereocenters. The molecule has 0 spiro atoms. The van der Waals surface area contributed by atoms with Crippen LogP contribution in [0.4, 0.5) is 13.2 Å². The summed E-state index contributed by atoms with van der Waals surface area (Å²) in [5, 5.41) is 3.14. The smallest absolute Gasteiger partial charge is 0.418 e. The Morgan fingerprint density at radius 2 is 2.18 bits per heavy atom. The minimum Gasteiger partial charge on any atom is -0.466 e. The van der Waals surface area contributed by atoms with E-state index in [9.17, 15) is 18.0 Å². The highest BCUT2D eigenvalue weighted by atomic mass is 35.5. The van der Waals surface area contributed by atoms with Crippen molar-refractivity contribution in [3.05, 3.63) is 22.8 Å². The van der Waals surface area contributed by atoms with Crippen LogP contribution in [0.5, 0.6) is 6.08 Å². The Balaban J connectivity index is 2.19. The van der Waals surface area contributed by atoms with Gasteiger partial charge in [0.1, 0.15) is 5.69 Å². The molecule has 2 aromatic heterocycles. The first-order chi connectivity index (χ1) is 10.3. The topological polar surface area (TPSA) is 87.3 Å². The molecule has 7 nitrogen and oxygen atoms in total. The van der Waals surface area contributed by atoms with Crippen molar-refractivity contribution in [3.63, 3.8) is 0 Å². The Hall–Kier alpha value is -2.36. The molecule has 22 heavy (non-hydrogen) atoms. The molecule has 0 aliphatic heterocycles. The molecule has 2 aromatic rings. The normalized spacial score (nSPS) is 11.3. The maximum absolute atomic E-state index is 12.5. The molecule has 0 N–H and O–H groups in total. The zero-order chi connectivity index (χ0) is 16.3. The van der Waals surface area contributed by atoms with Crippen molar-refractivity contribution in [2.24, 2.45) is 0 Å². The van der Waals surface area contributed by atoms with E-state index in [0.29, 0.717) is 12.3 Å². The molecule has 0 aliphatic carbocycles. The van der Waals surface area contributed by atoms with E-state index in [1.807, 2.05) is 0 Å². The molecule has 0 fully saturated rings. The first-order valence-corrected chi connectivity index (χ1v) is 5.95. The quantitative estimate of drug-likeness (QED) is 0.791. The van der Waals surface area contributed by atoms with Gasteiger partial charge in [-0.15, -0.1) is 0 Å². The lowest BCUT2D eigenvalue weighted by Crippen LogP contribution is -2.12. The highest BCUT2D eigenvalue weighted by Gasteiger charge is 2.32. The summed E-state index contributed by atoms with van der Waals surface area (Å²) in [6.07, 6.45) is -4.36. The number of rotatable bonds is 4. The van der Waals surface area contributed by atoms with E-state index in [0.717, 1.165) is 7.11 Å². The van der Waals surface area contributed by atoms with Crippen molar-refractivity contribution in [2.75, 3.05) is 13.7 Å². The predicted molar refractivity (Wildman–Crippen MR) is 65.1 cm³/mol. The molecule has 2 heterocycles. The predicted octanol–water partition coefficient (Wildman–Crippen LogP) is 2.36. The number of carbonyl (C=O) groups excluding carboxylic acids is 1. The van der Waals surface area contributed by atoms with Crippen molar-refractivity contribution in [1.29, 1.82) is 0 Å². The van der Waals surface area contributed by atoms with Crippen molar-refractivity contribution < 1.29 is 32.0 Å². The number of esters is 1. The number of hydrogen-bond donors (Lipinski definition) is 0. The second-order valence-corrected chi connectivity index (χ2v) is 4.21. The lowest BCUT2D eigenvalue weighted by molar-refractivity contribution is -0.143. The Morgan fingerprint density at radius 3 is 2.77 bits per heavy atom. The minimum atomic E-state index is -4.57. The van der Waals surface area contributed by atoms with Crippen LogP contribution in [0.25, 0.3) is 11.5 Å². The number of alkyl halides is 3. The van der Waals surface area contributed by atoms with E-state index < -0.39 is 24.3 Å². The molecule has 0 radical (unpaired) electrons. The van der Waals surface area contributed by atoms with Gasteiger partial charge in [0.15, 0.2) is 6.61 Å². The summed E-state index contributed by atoms with van der Waals surface area (Å²) in [4.78, 5) is 18.1. The van der Waals surface area contributed by atoms with Crippen LogP contribution in [0.1, 0.15) is 5.56 Å². The Bertz CT molecular complexity index is 689. The van der Waals surface area contributed by atoms with E-state index >= 15 is 0 Å². The maximum Gasteiger partial charge on any atom is 0.418 e. The van der Waals surface area contributed by atoms with Gasteiger partial charge in [-0.05, 0) is 6.07 Å². The first-order valence-electron chi connectivity index (χ1n) is 5.57. The average Bonchev–Trinajstić information content (AvgIpc) is 2.92. The summed E-state index contributed by atoms with van der Waals surface area (Å²) in [5.41, 5.74) is -1.13. The highest BCUT2D eigenvalue weighted by Crippen LogP contribution is 2.33. The number of pyridine rings is 1. The summed E-state index contributed by atoms with van der Waals surface area (Å²) in [6.45, 7) is -0.466. The Kier molecular flexibility index (Phi) is 4.50. The van der Waals surface area contributed by atoms with Gasteiger partial charge >= 0.3 is 18.2 Å². The number of aromatic nitrogens is 3. The Morgan fingerprint density at radius 1 is 1.45 bits per heavy atom. The lowest BCUT2D eigenvalue weighted by atomic mass is 10.2. The van der Waals surface area contributed by atoms with Gasteiger partial charge in [0.2, 0.25) is 5.82 Å². The number of methoxy groups -OCH3 is 1. The second-order valence-electron chi connectivity index (χ2n) is 3.80. The first kappa shape index (κ1) is 16.0. The average molecular weight is 338 g/mol. The van der Waals surface area contributed by atoms with Crippen molar-refractivity contribution in [2.45, 2.75) is 6.18 Å². The van der Waals surface area contributed by atoms with Crippen LogP contribution in [-0.2, 0) is 15.7 Å². The van der Waals surface area contributed by atoms with Crippen LogP contribution < -0.4 is 4.74 Å². The monoisotopic (exact) mass is 337 g/mol. The standard InChI is InChI=1S/C11H7ClF3N3O4/c1-20-7(19)4-21-10-17-9(18-22-10)8-6(12)2-5(3-16-8)11(13,14)15/h2-3H,4H2,1H3. The van der Waals surface area contributed by atoms with Gasteiger partial charge in [0, 0.05) is 6.20 Å². The van der Waals surface area contributed by atoms with Crippen LogP contribution in [-0.4, -0.2) is 34.8 Å². The SMILES string of the molecule is COC(=O)COc1nc(-c2ncc(C(F)(F)F)cc2Cl)no1. The van der Waals surface area contributed by atoms with Gasteiger partial charge in [-0.1, -0.05) is 16.8 Å².